The fraction of sp³-hybridized carbons (Fsp3) is 0.471. The van der Waals surface area contributed by atoms with Crippen molar-refractivity contribution in [3.63, 3.8) is 0 Å². The molecule has 1 saturated heterocycles. The zero-order valence-corrected chi connectivity index (χ0v) is 15.2. The molecule has 0 bridgehead atoms. The van der Waals surface area contributed by atoms with Crippen LogP contribution in [0.15, 0.2) is 35.4 Å². The molecule has 0 spiro atoms. The SMILES string of the molecule is CC1CN(C(=O)C2=NN(c3ccccc3)C(C(=O)O)C2)CCS(=O)(=O)C1. The summed E-state index contributed by atoms with van der Waals surface area (Å²) in [5.41, 5.74) is 0.738. The van der Waals surface area contributed by atoms with Crippen LogP contribution < -0.4 is 5.01 Å². The number of para-hydroxylation sites is 1. The highest BCUT2D eigenvalue weighted by Crippen LogP contribution is 2.25. The molecule has 1 N–H and O–H groups in total. The Bertz CT molecular complexity index is 837. The summed E-state index contributed by atoms with van der Waals surface area (Å²) in [7, 11) is -3.17. The van der Waals surface area contributed by atoms with Crippen LogP contribution in [0.4, 0.5) is 5.69 Å². The van der Waals surface area contributed by atoms with Crippen molar-refractivity contribution in [2.45, 2.75) is 19.4 Å². The molecule has 2 aliphatic heterocycles. The van der Waals surface area contributed by atoms with Crippen molar-refractivity contribution in [1.82, 2.24) is 4.90 Å². The lowest BCUT2D eigenvalue weighted by Gasteiger charge is -2.21. The number of hydrogen-bond donors (Lipinski definition) is 1. The van der Waals surface area contributed by atoms with Crippen LogP contribution in [0.1, 0.15) is 13.3 Å². The molecule has 0 aliphatic carbocycles. The predicted molar refractivity (Wildman–Crippen MR) is 96.8 cm³/mol. The number of carboxylic acid groups (broad SMARTS) is 1. The van der Waals surface area contributed by atoms with E-state index < -0.39 is 27.8 Å². The summed E-state index contributed by atoms with van der Waals surface area (Å²) in [6, 6.07) is 7.85. The van der Waals surface area contributed by atoms with Gasteiger partial charge in [0.25, 0.3) is 5.91 Å². The lowest BCUT2D eigenvalue weighted by Crippen LogP contribution is -2.40. The minimum absolute atomic E-state index is 0.0132. The second-order valence-corrected chi connectivity index (χ2v) is 8.98. The summed E-state index contributed by atoms with van der Waals surface area (Å²) < 4.78 is 23.8. The van der Waals surface area contributed by atoms with Crippen LogP contribution in [0.25, 0.3) is 0 Å². The Kier molecular flexibility index (Phi) is 4.99. The monoisotopic (exact) mass is 379 g/mol. The number of hydrogen-bond acceptors (Lipinski definition) is 6. The number of rotatable bonds is 3. The minimum atomic E-state index is -3.17. The van der Waals surface area contributed by atoms with Gasteiger partial charge in [-0.3, -0.25) is 9.80 Å². The fourth-order valence-electron chi connectivity index (χ4n) is 3.30. The molecule has 8 nitrogen and oxygen atoms in total. The van der Waals surface area contributed by atoms with Gasteiger partial charge in [0.1, 0.15) is 5.71 Å². The van der Waals surface area contributed by atoms with Gasteiger partial charge in [0.15, 0.2) is 15.9 Å². The van der Waals surface area contributed by atoms with Gasteiger partial charge >= 0.3 is 5.97 Å². The van der Waals surface area contributed by atoms with E-state index >= 15 is 0 Å². The molecule has 2 atom stereocenters. The number of amides is 1. The first-order valence-corrected chi connectivity index (χ1v) is 10.2. The van der Waals surface area contributed by atoms with Crippen molar-refractivity contribution in [2.75, 3.05) is 29.6 Å². The van der Waals surface area contributed by atoms with Crippen LogP contribution in [-0.4, -0.2) is 66.6 Å². The number of aliphatic carboxylic acids is 1. The Morgan fingerprint density at radius 1 is 1.23 bits per heavy atom. The fourth-order valence-corrected chi connectivity index (χ4v) is 4.94. The molecule has 140 valence electrons. The average molecular weight is 379 g/mol. The lowest BCUT2D eigenvalue weighted by molar-refractivity contribution is -0.138. The van der Waals surface area contributed by atoms with E-state index in [4.69, 9.17) is 0 Å². The Morgan fingerprint density at radius 2 is 1.92 bits per heavy atom. The summed E-state index contributed by atoms with van der Waals surface area (Å²) >= 11 is 0. The van der Waals surface area contributed by atoms with Crippen molar-refractivity contribution >= 4 is 33.1 Å². The number of benzene rings is 1. The average Bonchev–Trinajstić information content (AvgIpc) is 2.98. The maximum Gasteiger partial charge on any atom is 0.328 e. The summed E-state index contributed by atoms with van der Waals surface area (Å²) in [6.07, 6.45) is -0.0132. The molecule has 2 heterocycles. The topological polar surface area (TPSA) is 107 Å². The van der Waals surface area contributed by atoms with Crippen molar-refractivity contribution in [2.24, 2.45) is 11.0 Å². The molecular weight excluding hydrogens is 358 g/mol. The largest absolute Gasteiger partial charge is 0.480 e. The van der Waals surface area contributed by atoms with Crippen LogP contribution in [-0.2, 0) is 19.4 Å². The first-order valence-electron chi connectivity index (χ1n) is 8.41. The first kappa shape index (κ1) is 18.4. The maximum absolute atomic E-state index is 12.8. The first-order chi connectivity index (χ1) is 12.3. The Morgan fingerprint density at radius 3 is 2.58 bits per heavy atom. The molecule has 2 aliphatic rings. The van der Waals surface area contributed by atoms with Crippen molar-refractivity contribution in [1.29, 1.82) is 0 Å². The van der Waals surface area contributed by atoms with Gasteiger partial charge in [0, 0.05) is 19.5 Å². The molecule has 0 saturated carbocycles. The van der Waals surface area contributed by atoms with Crippen LogP contribution >= 0.6 is 0 Å². The standard InChI is InChI=1S/C17H21N3O5S/c1-12-10-19(7-8-26(24,25)11-12)16(21)14-9-15(17(22)23)20(18-14)13-5-3-2-4-6-13/h2-6,12,15H,7-11H2,1H3,(H,22,23). The van der Waals surface area contributed by atoms with Crippen LogP contribution in [0, 0.1) is 5.92 Å². The second kappa shape index (κ2) is 7.06. The van der Waals surface area contributed by atoms with Crippen LogP contribution in [0.3, 0.4) is 0 Å². The quantitative estimate of drug-likeness (QED) is 0.824. The molecule has 0 radical (unpaired) electrons. The lowest BCUT2D eigenvalue weighted by atomic mass is 10.1. The highest BCUT2D eigenvalue weighted by Gasteiger charge is 2.38. The van der Waals surface area contributed by atoms with Gasteiger partial charge in [-0.15, -0.1) is 0 Å². The van der Waals surface area contributed by atoms with Crippen molar-refractivity contribution in [3.8, 4) is 0 Å². The highest BCUT2D eigenvalue weighted by molar-refractivity contribution is 7.91. The number of anilines is 1. The highest BCUT2D eigenvalue weighted by atomic mass is 32.2. The van der Waals surface area contributed by atoms with Gasteiger partial charge < -0.3 is 10.0 Å². The predicted octanol–water partition coefficient (Wildman–Crippen LogP) is 0.599. The second-order valence-electron chi connectivity index (χ2n) is 6.76. The van der Waals surface area contributed by atoms with Gasteiger partial charge in [-0.2, -0.15) is 5.10 Å². The molecule has 3 rings (SSSR count). The van der Waals surface area contributed by atoms with E-state index in [-0.39, 0.29) is 36.1 Å². The molecule has 2 unspecified atom stereocenters. The van der Waals surface area contributed by atoms with E-state index in [0.29, 0.717) is 12.2 Å². The molecule has 1 amide bonds. The van der Waals surface area contributed by atoms with E-state index in [0.717, 1.165) is 0 Å². The molecule has 1 fully saturated rings. The number of carbonyl (C=O) groups excluding carboxylic acids is 1. The Labute approximate surface area is 152 Å². The van der Waals surface area contributed by atoms with Crippen LogP contribution in [0.5, 0.6) is 0 Å². The van der Waals surface area contributed by atoms with E-state index in [1.165, 1.54) is 9.91 Å². The van der Waals surface area contributed by atoms with Crippen LogP contribution in [0.2, 0.25) is 0 Å². The molecule has 1 aromatic rings. The van der Waals surface area contributed by atoms with Gasteiger partial charge in [-0.25, -0.2) is 13.2 Å². The zero-order chi connectivity index (χ0) is 18.9. The Hall–Kier alpha value is -2.42. The minimum Gasteiger partial charge on any atom is -0.480 e. The molecule has 1 aromatic carbocycles. The van der Waals surface area contributed by atoms with E-state index in [2.05, 4.69) is 5.10 Å². The maximum atomic E-state index is 12.8. The van der Waals surface area contributed by atoms with Gasteiger partial charge in [0.05, 0.1) is 17.2 Å². The summed E-state index contributed by atoms with van der Waals surface area (Å²) in [4.78, 5) is 25.9. The van der Waals surface area contributed by atoms with Gasteiger partial charge in [-0.05, 0) is 18.1 Å². The van der Waals surface area contributed by atoms with Crippen molar-refractivity contribution < 1.29 is 23.1 Å². The summed E-state index contributed by atoms with van der Waals surface area (Å²) in [6.45, 7) is 2.21. The molecule has 26 heavy (non-hydrogen) atoms. The van der Waals surface area contributed by atoms with Crippen molar-refractivity contribution in [3.05, 3.63) is 30.3 Å². The Balaban J connectivity index is 1.84. The normalized spacial score (nSPS) is 25.5. The van der Waals surface area contributed by atoms with Gasteiger partial charge in [-0.1, -0.05) is 25.1 Å². The third kappa shape index (κ3) is 3.87. The van der Waals surface area contributed by atoms with Gasteiger partial charge in [0.2, 0.25) is 0 Å². The number of nitrogens with zero attached hydrogens (tertiary/aromatic N) is 3. The summed E-state index contributed by atoms with van der Waals surface area (Å²) in [5.74, 6) is -1.65. The number of carbonyl (C=O) groups is 2. The molecule has 9 heteroatoms. The van der Waals surface area contributed by atoms with E-state index in [9.17, 15) is 23.1 Å². The number of hydrazone groups is 1. The molecular formula is C17H21N3O5S. The third-order valence-corrected chi connectivity index (χ3v) is 6.37. The third-order valence-electron chi connectivity index (χ3n) is 4.49. The van der Waals surface area contributed by atoms with E-state index in [1.807, 2.05) is 6.07 Å². The van der Waals surface area contributed by atoms with E-state index in [1.54, 1.807) is 31.2 Å². The molecule has 0 aromatic heterocycles. The zero-order valence-electron chi connectivity index (χ0n) is 14.4. The summed E-state index contributed by atoms with van der Waals surface area (Å²) in [5, 5.41) is 15.1. The number of carboxylic acids is 1. The number of sulfone groups is 1. The smallest absolute Gasteiger partial charge is 0.328 e.